The van der Waals surface area contributed by atoms with E-state index in [1.165, 1.54) is 19.3 Å². The van der Waals surface area contributed by atoms with Gasteiger partial charge in [-0.1, -0.05) is 34.8 Å². The summed E-state index contributed by atoms with van der Waals surface area (Å²) in [6.45, 7) is 0. The predicted octanol–water partition coefficient (Wildman–Crippen LogP) is 3.01. The summed E-state index contributed by atoms with van der Waals surface area (Å²) in [5, 5.41) is 12.2. The summed E-state index contributed by atoms with van der Waals surface area (Å²) >= 11 is 16.8. The topological polar surface area (TPSA) is 49.3 Å². The molecular weight excluding hydrogens is 309 g/mol. The fraction of sp³-hybridized carbons (Fsp3) is 0.923. The second-order valence-corrected chi connectivity index (χ2v) is 8.98. The number of aliphatic hydroxyl groups is 1. The molecule has 2 N–H and O–H groups in total. The third-order valence-corrected chi connectivity index (χ3v) is 5.72. The highest BCUT2D eigenvalue weighted by Gasteiger charge is 2.55. The van der Waals surface area contributed by atoms with Crippen LogP contribution in [0.15, 0.2) is 0 Å². The molecule has 4 bridgehead atoms. The third-order valence-electron chi connectivity index (χ3n) is 5.10. The molecule has 0 unspecified atom stereocenters. The maximum Gasteiger partial charge on any atom is 0.234 e. The average Bonchev–Trinajstić information content (AvgIpc) is 2.25. The van der Waals surface area contributed by atoms with Crippen LogP contribution >= 0.6 is 34.8 Å². The fourth-order valence-electron chi connectivity index (χ4n) is 4.75. The van der Waals surface area contributed by atoms with Crippen LogP contribution in [0.25, 0.3) is 0 Å². The first-order chi connectivity index (χ1) is 8.78. The van der Waals surface area contributed by atoms with Crippen LogP contribution in [0.3, 0.4) is 0 Å². The summed E-state index contributed by atoms with van der Waals surface area (Å²) < 4.78 is -1.88. The van der Waals surface area contributed by atoms with E-state index in [1.807, 2.05) is 0 Å². The molecule has 0 aromatic heterocycles. The van der Waals surface area contributed by atoms with E-state index in [0.29, 0.717) is 17.8 Å². The number of rotatable bonds is 2. The minimum atomic E-state index is -1.88. The van der Waals surface area contributed by atoms with Gasteiger partial charge >= 0.3 is 0 Å². The van der Waals surface area contributed by atoms with Gasteiger partial charge in [0.1, 0.15) is 0 Å². The molecule has 108 valence electrons. The van der Waals surface area contributed by atoms with E-state index >= 15 is 0 Å². The molecule has 4 rings (SSSR count). The molecular formula is C13H18Cl3NO2. The molecule has 0 aromatic rings. The minimum Gasteiger partial charge on any atom is -0.369 e. The lowest BCUT2D eigenvalue weighted by molar-refractivity contribution is -0.149. The number of aliphatic hydroxyl groups excluding tert-OH is 1. The van der Waals surface area contributed by atoms with Crippen molar-refractivity contribution in [2.75, 3.05) is 0 Å². The highest BCUT2D eigenvalue weighted by atomic mass is 35.6. The number of hydrogen-bond donors (Lipinski definition) is 2. The zero-order chi connectivity index (χ0) is 13.8. The zero-order valence-electron chi connectivity index (χ0n) is 10.5. The maximum atomic E-state index is 12.5. The summed E-state index contributed by atoms with van der Waals surface area (Å²) in [5.74, 6) is 1.87. The molecule has 4 aliphatic rings. The van der Waals surface area contributed by atoms with Crippen LogP contribution in [0.2, 0.25) is 0 Å². The van der Waals surface area contributed by atoms with Crippen molar-refractivity contribution in [3.8, 4) is 0 Å². The Bertz CT molecular complexity index is 359. The molecule has 0 radical (unpaired) electrons. The van der Waals surface area contributed by atoms with E-state index in [0.717, 1.165) is 19.3 Å². The SMILES string of the molecule is O=C(N[C@H](O)C(Cl)(Cl)Cl)C12CC3CC(CC(C3)C1)C2. The van der Waals surface area contributed by atoms with Gasteiger partial charge < -0.3 is 10.4 Å². The summed E-state index contributed by atoms with van der Waals surface area (Å²) in [6.07, 6.45) is 5.13. The van der Waals surface area contributed by atoms with Gasteiger partial charge in [0.2, 0.25) is 9.70 Å². The van der Waals surface area contributed by atoms with Crippen molar-refractivity contribution in [2.45, 2.75) is 48.5 Å². The normalized spacial score (nSPS) is 42.2. The van der Waals surface area contributed by atoms with E-state index in [2.05, 4.69) is 5.32 Å². The maximum absolute atomic E-state index is 12.5. The van der Waals surface area contributed by atoms with Crippen molar-refractivity contribution in [1.82, 2.24) is 5.32 Å². The molecule has 0 aliphatic heterocycles. The predicted molar refractivity (Wildman–Crippen MR) is 75.0 cm³/mol. The third kappa shape index (κ3) is 2.59. The molecule has 4 fully saturated rings. The van der Waals surface area contributed by atoms with Crippen molar-refractivity contribution >= 4 is 40.7 Å². The Labute approximate surface area is 128 Å². The van der Waals surface area contributed by atoms with Gasteiger partial charge in [-0.3, -0.25) is 4.79 Å². The Kier molecular flexibility index (Phi) is 3.49. The van der Waals surface area contributed by atoms with Crippen molar-refractivity contribution in [2.24, 2.45) is 23.2 Å². The molecule has 1 atom stereocenters. The first-order valence-electron chi connectivity index (χ1n) is 6.84. The van der Waals surface area contributed by atoms with Crippen molar-refractivity contribution in [3.63, 3.8) is 0 Å². The quantitative estimate of drug-likeness (QED) is 0.605. The van der Waals surface area contributed by atoms with Gasteiger partial charge in [0.25, 0.3) is 0 Å². The fourth-order valence-corrected chi connectivity index (χ4v) is 4.91. The second-order valence-electron chi connectivity index (χ2n) is 6.62. The number of nitrogens with one attached hydrogen (secondary N) is 1. The number of carbonyl (C=O) groups is 1. The molecule has 1 amide bonds. The van der Waals surface area contributed by atoms with Crippen molar-refractivity contribution in [1.29, 1.82) is 0 Å². The van der Waals surface area contributed by atoms with Gasteiger partial charge in [-0.2, -0.15) is 0 Å². The minimum absolute atomic E-state index is 0.134. The van der Waals surface area contributed by atoms with Gasteiger partial charge in [-0.15, -0.1) is 0 Å². The Morgan fingerprint density at radius 2 is 1.53 bits per heavy atom. The van der Waals surface area contributed by atoms with E-state index in [4.69, 9.17) is 34.8 Å². The van der Waals surface area contributed by atoms with E-state index in [9.17, 15) is 9.90 Å². The Balaban J connectivity index is 1.73. The molecule has 19 heavy (non-hydrogen) atoms. The molecule has 6 heteroatoms. The molecule has 0 aromatic carbocycles. The summed E-state index contributed by atoms with van der Waals surface area (Å²) in [5.41, 5.74) is -0.328. The van der Waals surface area contributed by atoms with Gasteiger partial charge in [-0.05, 0) is 56.3 Å². The highest BCUT2D eigenvalue weighted by molar-refractivity contribution is 6.68. The number of alkyl halides is 3. The largest absolute Gasteiger partial charge is 0.369 e. The summed E-state index contributed by atoms with van der Waals surface area (Å²) in [7, 11) is 0. The average molecular weight is 327 g/mol. The van der Waals surface area contributed by atoms with Crippen molar-refractivity contribution in [3.05, 3.63) is 0 Å². The van der Waals surface area contributed by atoms with Crippen LogP contribution in [0.4, 0.5) is 0 Å². The van der Waals surface area contributed by atoms with Gasteiger partial charge in [0.05, 0.1) is 5.41 Å². The van der Waals surface area contributed by atoms with Gasteiger partial charge in [0, 0.05) is 0 Å². The van der Waals surface area contributed by atoms with Crippen LogP contribution in [-0.2, 0) is 4.79 Å². The van der Waals surface area contributed by atoms with E-state index in [-0.39, 0.29) is 11.3 Å². The van der Waals surface area contributed by atoms with Crippen LogP contribution in [0.5, 0.6) is 0 Å². The van der Waals surface area contributed by atoms with E-state index < -0.39 is 10.0 Å². The van der Waals surface area contributed by atoms with Crippen LogP contribution in [-0.4, -0.2) is 21.0 Å². The second kappa shape index (κ2) is 4.66. The number of carbonyl (C=O) groups excluding carboxylic acids is 1. The molecule has 0 heterocycles. The Hall–Kier alpha value is 0.300. The monoisotopic (exact) mass is 325 g/mol. The summed E-state index contributed by atoms with van der Waals surface area (Å²) in [4.78, 5) is 12.5. The molecule has 0 spiro atoms. The van der Waals surface area contributed by atoms with Crippen molar-refractivity contribution < 1.29 is 9.90 Å². The Morgan fingerprint density at radius 3 is 1.89 bits per heavy atom. The Morgan fingerprint density at radius 1 is 1.11 bits per heavy atom. The lowest BCUT2D eigenvalue weighted by Crippen LogP contribution is -2.56. The van der Waals surface area contributed by atoms with E-state index in [1.54, 1.807) is 0 Å². The zero-order valence-corrected chi connectivity index (χ0v) is 12.8. The van der Waals surface area contributed by atoms with Gasteiger partial charge in [0.15, 0.2) is 6.23 Å². The summed E-state index contributed by atoms with van der Waals surface area (Å²) in [6, 6.07) is 0. The molecule has 4 saturated carbocycles. The van der Waals surface area contributed by atoms with Crippen LogP contribution < -0.4 is 5.32 Å². The number of halogens is 3. The number of amides is 1. The standard InChI is InChI=1S/C13H18Cl3NO2/c14-13(15,16)11(19)17-10(18)12-4-7-1-8(5-12)3-9(2-7)6-12/h7-9,11,19H,1-6H2,(H,17,18)/t7?,8?,9?,11-,12?/m1/s1. The molecule has 3 nitrogen and oxygen atoms in total. The van der Waals surface area contributed by atoms with Gasteiger partial charge in [-0.25, -0.2) is 0 Å². The lowest BCUT2D eigenvalue weighted by atomic mass is 9.49. The highest BCUT2D eigenvalue weighted by Crippen LogP contribution is 2.60. The molecule has 4 aliphatic carbocycles. The first kappa shape index (κ1) is 14.2. The lowest BCUT2D eigenvalue weighted by Gasteiger charge is -2.55. The van der Waals surface area contributed by atoms with Crippen LogP contribution in [0, 0.1) is 23.2 Å². The van der Waals surface area contributed by atoms with Crippen LogP contribution in [0.1, 0.15) is 38.5 Å². The smallest absolute Gasteiger partial charge is 0.234 e. The number of hydrogen-bond acceptors (Lipinski definition) is 2. The molecule has 0 saturated heterocycles. The first-order valence-corrected chi connectivity index (χ1v) is 7.98.